The molecule has 0 aromatic heterocycles. The van der Waals surface area contributed by atoms with E-state index in [4.69, 9.17) is 0 Å². The lowest BCUT2D eigenvalue weighted by Crippen LogP contribution is -2.43. The van der Waals surface area contributed by atoms with Crippen molar-refractivity contribution in [2.24, 2.45) is 10.8 Å². The van der Waals surface area contributed by atoms with Crippen LogP contribution in [0.25, 0.3) is 0 Å². The van der Waals surface area contributed by atoms with Crippen LogP contribution in [0, 0.1) is 10.8 Å². The van der Waals surface area contributed by atoms with Crippen LogP contribution in [-0.4, -0.2) is 23.5 Å². The zero-order chi connectivity index (χ0) is 15.0. The molecular weight excluding hydrogens is 236 g/mol. The molecule has 0 aliphatic carbocycles. The second-order valence-corrected chi connectivity index (χ2v) is 7.83. The molecule has 0 saturated heterocycles. The van der Waals surface area contributed by atoms with E-state index in [1.807, 2.05) is 18.7 Å². The van der Waals surface area contributed by atoms with Crippen LogP contribution in [0.1, 0.15) is 61.8 Å². The van der Waals surface area contributed by atoms with Gasteiger partial charge in [0.2, 0.25) is 0 Å². The van der Waals surface area contributed by atoms with Gasteiger partial charge in [0.1, 0.15) is 0 Å². The molecule has 0 spiro atoms. The van der Waals surface area contributed by atoms with Gasteiger partial charge in [-0.3, -0.25) is 4.90 Å². The van der Waals surface area contributed by atoms with E-state index >= 15 is 0 Å². The van der Waals surface area contributed by atoms with Crippen molar-refractivity contribution >= 4 is 6.03 Å². The van der Waals surface area contributed by atoms with Gasteiger partial charge in [0.25, 0.3) is 0 Å². The number of carbonyl (C=O) groups is 1. The number of rotatable bonds is 1. The Morgan fingerprint density at radius 3 is 2.00 bits per heavy atom. The van der Waals surface area contributed by atoms with Crippen LogP contribution in [-0.2, 0) is 0 Å². The van der Waals surface area contributed by atoms with Gasteiger partial charge in [0.05, 0.1) is 0 Å². The monoisotopic (exact) mass is 266 g/mol. The third-order valence-electron chi connectivity index (χ3n) is 3.41. The predicted octanol–water partition coefficient (Wildman–Crippen LogP) is 4.16. The molecule has 19 heavy (non-hydrogen) atoms. The first-order chi connectivity index (χ1) is 8.44. The Balaban J connectivity index is 3.16. The minimum atomic E-state index is -0.00652. The van der Waals surface area contributed by atoms with Gasteiger partial charge in [-0.1, -0.05) is 41.5 Å². The van der Waals surface area contributed by atoms with Crippen molar-refractivity contribution in [3.8, 4) is 0 Å². The van der Waals surface area contributed by atoms with Crippen molar-refractivity contribution in [2.45, 2.75) is 67.9 Å². The Hall–Kier alpha value is -0.990. The highest BCUT2D eigenvalue weighted by atomic mass is 16.2. The number of hydrogen-bond donors (Lipinski definition) is 1. The van der Waals surface area contributed by atoms with Crippen molar-refractivity contribution in [1.82, 2.24) is 10.2 Å². The van der Waals surface area contributed by atoms with Crippen molar-refractivity contribution < 1.29 is 4.79 Å². The molecule has 110 valence electrons. The van der Waals surface area contributed by atoms with E-state index in [1.54, 1.807) is 0 Å². The molecule has 0 unspecified atom stereocenters. The average Bonchev–Trinajstić information content (AvgIpc) is 2.58. The molecule has 0 aromatic carbocycles. The van der Waals surface area contributed by atoms with Crippen LogP contribution in [0.5, 0.6) is 0 Å². The average molecular weight is 266 g/mol. The molecule has 1 aliphatic heterocycles. The van der Waals surface area contributed by atoms with Gasteiger partial charge in [-0.25, -0.2) is 4.79 Å². The highest BCUT2D eigenvalue weighted by Gasteiger charge is 2.38. The zero-order valence-electron chi connectivity index (χ0n) is 13.8. The zero-order valence-corrected chi connectivity index (χ0v) is 13.8. The summed E-state index contributed by atoms with van der Waals surface area (Å²) < 4.78 is 0. The Morgan fingerprint density at radius 1 is 1.11 bits per heavy atom. The molecule has 0 aromatic rings. The van der Waals surface area contributed by atoms with E-state index < -0.39 is 0 Å². The molecule has 3 heteroatoms. The number of carbonyl (C=O) groups excluding carboxylic acids is 1. The molecule has 0 radical (unpaired) electrons. The SMILES string of the molecule is CC(C)NC(=O)N1CCC(C(C)(C)C)=C1C(C)(C)C. The lowest BCUT2D eigenvalue weighted by Gasteiger charge is -2.33. The molecular formula is C16H30N2O. The van der Waals surface area contributed by atoms with Crippen LogP contribution in [0.15, 0.2) is 11.3 Å². The Bertz CT molecular complexity index is 381. The Morgan fingerprint density at radius 2 is 1.63 bits per heavy atom. The minimum absolute atomic E-state index is 0.00652. The quantitative estimate of drug-likeness (QED) is 0.759. The van der Waals surface area contributed by atoms with Crippen LogP contribution in [0.2, 0.25) is 0 Å². The van der Waals surface area contributed by atoms with E-state index in [0.717, 1.165) is 13.0 Å². The molecule has 3 nitrogen and oxygen atoms in total. The normalized spacial score (nSPS) is 17.4. The molecule has 1 heterocycles. The van der Waals surface area contributed by atoms with E-state index in [1.165, 1.54) is 11.3 Å². The van der Waals surface area contributed by atoms with E-state index in [-0.39, 0.29) is 22.9 Å². The summed E-state index contributed by atoms with van der Waals surface area (Å²) in [6, 6.07) is 0.214. The fourth-order valence-electron chi connectivity index (χ4n) is 2.73. The summed E-state index contributed by atoms with van der Waals surface area (Å²) in [4.78, 5) is 14.3. The van der Waals surface area contributed by atoms with E-state index in [9.17, 15) is 4.79 Å². The van der Waals surface area contributed by atoms with Crippen molar-refractivity contribution in [1.29, 1.82) is 0 Å². The lowest BCUT2D eigenvalue weighted by molar-refractivity contribution is 0.202. The van der Waals surface area contributed by atoms with Crippen LogP contribution in [0.4, 0.5) is 4.79 Å². The lowest BCUT2D eigenvalue weighted by atomic mass is 9.79. The van der Waals surface area contributed by atoms with Gasteiger partial charge in [-0.2, -0.15) is 0 Å². The maximum atomic E-state index is 12.4. The number of nitrogens with zero attached hydrogens (tertiary/aromatic N) is 1. The Kier molecular flexibility index (Phi) is 4.38. The summed E-state index contributed by atoms with van der Waals surface area (Å²) >= 11 is 0. The maximum absolute atomic E-state index is 12.4. The predicted molar refractivity (Wildman–Crippen MR) is 80.9 cm³/mol. The van der Waals surface area contributed by atoms with Crippen molar-refractivity contribution in [2.75, 3.05) is 6.54 Å². The maximum Gasteiger partial charge on any atom is 0.321 e. The molecule has 2 amide bonds. The third-order valence-corrected chi connectivity index (χ3v) is 3.41. The molecule has 1 aliphatic rings. The van der Waals surface area contributed by atoms with Crippen LogP contribution in [0.3, 0.4) is 0 Å². The topological polar surface area (TPSA) is 32.3 Å². The summed E-state index contributed by atoms with van der Waals surface area (Å²) in [6.45, 7) is 18.1. The largest absolute Gasteiger partial charge is 0.336 e. The summed E-state index contributed by atoms with van der Waals surface area (Å²) in [7, 11) is 0. The second-order valence-electron chi connectivity index (χ2n) is 7.83. The summed E-state index contributed by atoms with van der Waals surface area (Å²) in [5.41, 5.74) is 2.74. The fourth-order valence-corrected chi connectivity index (χ4v) is 2.73. The van der Waals surface area contributed by atoms with Crippen LogP contribution < -0.4 is 5.32 Å². The van der Waals surface area contributed by atoms with E-state index in [2.05, 4.69) is 46.9 Å². The Labute approximate surface area is 118 Å². The number of hydrogen-bond acceptors (Lipinski definition) is 1. The number of amides is 2. The first-order valence-corrected chi connectivity index (χ1v) is 7.26. The summed E-state index contributed by atoms with van der Waals surface area (Å²) in [5, 5.41) is 3.01. The number of allylic oxidation sites excluding steroid dienone is 1. The van der Waals surface area contributed by atoms with Gasteiger partial charge in [-0.05, 0) is 31.3 Å². The van der Waals surface area contributed by atoms with Gasteiger partial charge in [-0.15, -0.1) is 0 Å². The standard InChI is InChI=1S/C16H30N2O/c1-11(2)17-14(19)18-10-9-12(15(3,4)5)13(18)16(6,7)8/h11H,9-10H2,1-8H3,(H,17,19). The van der Waals surface area contributed by atoms with Gasteiger partial charge in [0, 0.05) is 23.7 Å². The number of urea groups is 1. The summed E-state index contributed by atoms with van der Waals surface area (Å²) in [5.74, 6) is 0. The second kappa shape index (κ2) is 5.18. The smallest absolute Gasteiger partial charge is 0.321 e. The van der Waals surface area contributed by atoms with Crippen LogP contribution >= 0.6 is 0 Å². The van der Waals surface area contributed by atoms with Gasteiger partial charge in [0.15, 0.2) is 0 Å². The molecule has 0 saturated carbocycles. The molecule has 0 atom stereocenters. The molecule has 0 fully saturated rings. The highest BCUT2D eigenvalue weighted by Crippen LogP contribution is 2.44. The molecule has 1 rings (SSSR count). The molecule has 0 bridgehead atoms. The highest BCUT2D eigenvalue weighted by molar-refractivity contribution is 5.77. The van der Waals surface area contributed by atoms with Crippen molar-refractivity contribution in [3.63, 3.8) is 0 Å². The molecule has 1 N–H and O–H groups in total. The minimum Gasteiger partial charge on any atom is -0.336 e. The van der Waals surface area contributed by atoms with Gasteiger partial charge >= 0.3 is 6.03 Å². The number of nitrogens with one attached hydrogen (secondary N) is 1. The van der Waals surface area contributed by atoms with Crippen molar-refractivity contribution in [3.05, 3.63) is 11.3 Å². The summed E-state index contributed by atoms with van der Waals surface area (Å²) in [6.07, 6.45) is 0.988. The van der Waals surface area contributed by atoms with Gasteiger partial charge < -0.3 is 5.32 Å². The first-order valence-electron chi connectivity index (χ1n) is 7.26. The fraction of sp³-hybridized carbons (Fsp3) is 0.812. The third kappa shape index (κ3) is 3.74. The van der Waals surface area contributed by atoms with E-state index in [0.29, 0.717) is 0 Å². The first kappa shape index (κ1) is 16.1.